The summed E-state index contributed by atoms with van der Waals surface area (Å²) < 4.78 is 4.91. The van der Waals surface area contributed by atoms with Gasteiger partial charge >= 0.3 is 0 Å². The molecule has 0 bridgehead atoms. The number of rotatable bonds is 7. The second-order valence-electron chi connectivity index (χ2n) is 15.7. The molecule has 3 heteroatoms. The van der Waals surface area contributed by atoms with Crippen LogP contribution in [0.3, 0.4) is 0 Å². The van der Waals surface area contributed by atoms with Gasteiger partial charge in [0.2, 0.25) is 0 Å². The molecular weight excluding hydrogens is 739 g/mol. The summed E-state index contributed by atoms with van der Waals surface area (Å²) in [4.78, 5) is 2.39. The third-order valence-corrected chi connectivity index (χ3v) is 12.3. The molecule has 0 spiro atoms. The van der Waals surface area contributed by atoms with Gasteiger partial charge in [0.05, 0.1) is 27.8 Å². The van der Waals surface area contributed by atoms with Gasteiger partial charge in [-0.05, 0) is 100 Å². The smallest absolute Gasteiger partial charge is 0.0641 e. The van der Waals surface area contributed by atoms with Crippen molar-refractivity contribution in [2.45, 2.75) is 0 Å². The molecule has 286 valence electrons. The van der Waals surface area contributed by atoms with Crippen molar-refractivity contribution in [1.82, 2.24) is 9.13 Å². The van der Waals surface area contributed by atoms with Crippen LogP contribution in [0.2, 0.25) is 0 Å². The first kappa shape index (κ1) is 34.9. The zero-order chi connectivity index (χ0) is 40.3. The van der Waals surface area contributed by atoms with Crippen molar-refractivity contribution < 1.29 is 0 Å². The van der Waals surface area contributed by atoms with Crippen LogP contribution in [0.1, 0.15) is 0 Å². The third kappa shape index (κ3) is 5.74. The summed E-state index contributed by atoms with van der Waals surface area (Å²) in [6.45, 7) is 0. The second kappa shape index (κ2) is 14.3. The average molecular weight is 778 g/mol. The molecule has 0 saturated carbocycles. The minimum atomic E-state index is 1.08. The third-order valence-electron chi connectivity index (χ3n) is 12.3. The van der Waals surface area contributed by atoms with Gasteiger partial charge in [0, 0.05) is 49.9 Å². The highest BCUT2D eigenvalue weighted by Gasteiger charge is 2.22. The highest BCUT2D eigenvalue weighted by atomic mass is 15.1. The maximum Gasteiger partial charge on any atom is 0.0641 e. The maximum absolute atomic E-state index is 2.48. The molecule has 61 heavy (non-hydrogen) atoms. The fourth-order valence-corrected chi connectivity index (χ4v) is 9.51. The van der Waals surface area contributed by atoms with Crippen LogP contribution in [0.4, 0.5) is 17.1 Å². The van der Waals surface area contributed by atoms with Gasteiger partial charge in [-0.25, -0.2) is 0 Å². The van der Waals surface area contributed by atoms with E-state index in [1.54, 1.807) is 0 Å². The Labute approximate surface area is 354 Å². The zero-order valence-corrected chi connectivity index (χ0v) is 33.4. The molecule has 0 radical (unpaired) electrons. The summed E-state index contributed by atoms with van der Waals surface area (Å²) >= 11 is 0. The monoisotopic (exact) mass is 777 g/mol. The Morgan fingerprint density at radius 2 is 0.869 bits per heavy atom. The van der Waals surface area contributed by atoms with Crippen LogP contribution < -0.4 is 4.90 Å². The van der Waals surface area contributed by atoms with Crippen LogP contribution in [0.15, 0.2) is 237 Å². The van der Waals surface area contributed by atoms with Crippen LogP contribution >= 0.6 is 0 Å². The summed E-state index contributed by atoms with van der Waals surface area (Å²) in [6, 6.07) is 85.8. The lowest BCUT2D eigenvalue weighted by Gasteiger charge is -2.28. The molecule has 0 fully saturated rings. The predicted molar refractivity (Wildman–Crippen MR) is 258 cm³/mol. The van der Waals surface area contributed by atoms with Gasteiger partial charge in [-0.2, -0.15) is 0 Å². The molecule has 12 aromatic rings. The van der Waals surface area contributed by atoms with E-state index in [1.165, 1.54) is 76.6 Å². The number of hydrogen-bond donors (Lipinski definition) is 0. The molecule has 0 atom stereocenters. The first-order valence-electron chi connectivity index (χ1n) is 20.9. The van der Waals surface area contributed by atoms with Crippen molar-refractivity contribution in [2.24, 2.45) is 0 Å². The van der Waals surface area contributed by atoms with Crippen LogP contribution in [0, 0.1) is 0 Å². The van der Waals surface area contributed by atoms with E-state index in [2.05, 4.69) is 251 Å². The number of benzene rings is 10. The molecule has 0 N–H and O–H groups in total. The molecule has 0 saturated heterocycles. The van der Waals surface area contributed by atoms with E-state index < -0.39 is 0 Å². The molecule has 2 heterocycles. The summed E-state index contributed by atoms with van der Waals surface area (Å²) in [5, 5.41) is 7.43. The molecule has 12 rings (SSSR count). The maximum atomic E-state index is 2.48. The van der Waals surface area contributed by atoms with Gasteiger partial charge in [-0.3, -0.25) is 0 Å². The standard InChI is InChI=1S/C58H39N3/c1-3-15-40(16-4-1)42-27-30-45(31-28-42)59(53-24-12-9-21-49(53)43-18-5-2-6-19-43)46-33-35-47(36-34-46)61-54-25-13-10-22-50(54)51-37-38-56-57(58(51)61)52-23-11-14-26-55(52)60(56)48-32-29-41-17-7-8-20-44(41)39-48/h1-39H. The Bertz CT molecular complexity index is 3560. The van der Waals surface area contributed by atoms with Gasteiger partial charge < -0.3 is 14.0 Å². The lowest BCUT2D eigenvalue weighted by atomic mass is 10.0. The zero-order valence-electron chi connectivity index (χ0n) is 33.4. The van der Waals surface area contributed by atoms with Gasteiger partial charge in [0.25, 0.3) is 0 Å². The van der Waals surface area contributed by atoms with E-state index in [4.69, 9.17) is 0 Å². The van der Waals surface area contributed by atoms with E-state index in [0.717, 1.165) is 28.4 Å². The normalized spacial score (nSPS) is 11.6. The van der Waals surface area contributed by atoms with Crippen molar-refractivity contribution in [3.8, 4) is 33.6 Å². The molecular formula is C58H39N3. The quantitative estimate of drug-likeness (QED) is 0.157. The first-order valence-corrected chi connectivity index (χ1v) is 20.9. The summed E-state index contributed by atoms with van der Waals surface area (Å²) in [7, 11) is 0. The number of fused-ring (bicyclic) bond motifs is 8. The molecule has 0 aliphatic carbocycles. The summed E-state index contributed by atoms with van der Waals surface area (Å²) in [5.41, 5.74) is 15.1. The second-order valence-corrected chi connectivity index (χ2v) is 15.7. The highest BCUT2D eigenvalue weighted by Crippen LogP contribution is 2.44. The largest absolute Gasteiger partial charge is 0.310 e. The fourth-order valence-electron chi connectivity index (χ4n) is 9.51. The predicted octanol–water partition coefficient (Wildman–Crippen LogP) is 15.8. The molecule has 3 nitrogen and oxygen atoms in total. The number of nitrogens with zero attached hydrogens (tertiary/aromatic N) is 3. The Kier molecular flexibility index (Phi) is 8.17. The Balaban J connectivity index is 1.06. The highest BCUT2D eigenvalue weighted by molar-refractivity contribution is 6.26. The van der Waals surface area contributed by atoms with Crippen molar-refractivity contribution in [3.63, 3.8) is 0 Å². The van der Waals surface area contributed by atoms with E-state index in [-0.39, 0.29) is 0 Å². The fraction of sp³-hybridized carbons (Fsp3) is 0. The summed E-state index contributed by atoms with van der Waals surface area (Å²) in [6.07, 6.45) is 0. The van der Waals surface area contributed by atoms with Gasteiger partial charge in [0.15, 0.2) is 0 Å². The first-order chi connectivity index (χ1) is 30.3. The van der Waals surface area contributed by atoms with E-state index in [0.29, 0.717) is 0 Å². The molecule has 0 aliphatic rings. The lowest BCUT2D eigenvalue weighted by Crippen LogP contribution is -2.11. The lowest BCUT2D eigenvalue weighted by molar-refractivity contribution is 1.17. The molecule has 0 amide bonds. The van der Waals surface area contributed by atoms with Gasteiger partial charge in [-0.1, -0.05) is 164 Å². The van der Waals surface area contributed by atoms with Crippen LogP contribution in [-0.4, -0.2) is 9.13 Å². The summed E-state index contributed by atoms with van der Waals surface area (Å²) in [5.74, 6) is 0. The van der Waals surface area contributed by atoms with Crippen LogP contribution in [0.25, 0.3) is 88.0 Å². The van der Waals surface area contributed by atoms with Gasteiger partial charge in [-0.15, -0.1) is 0 Å². The Hall–Kier alpha value is -8.14. The Morgan fingerprint density at radius 1 is 0.311 bits per heavy atom. The van der Waals surface area contributed by atoms with Crippen LogP contribution in [-0.2, 0) is 0 Å². The van der Waals surface area contributed by atoms with Crippen LogP contribution in [0.5, 0.6) is 0 Å². The van der Waals surface area contributed by atoms with Crippen molar-refractivity contribution in [2.75, 3.05) is 4.90 Å². The minimum Gasteiger partial charge on any atom is -0.310 e. The van der Waals surface area contributed by atoms with Crippen molar-refractivity contribution in [1.29, 1.82) is 0 Å². The number of para-hydroxylation sites is 3. The SMILES string of the molecule is c1ccc(-c2ccc(N(c3ccc(-n4c5ccccc5c5ccc6c(c7ccccc7n6-c6ccc7ccccc7c6)c54)cc3)c3ccccc3-c3ccccc3)cc2)cc1. The topological polar surface area (TPSA) is 13.1 Å². The molecule has 2 aromatic heterocycles. The van der Waals surface area contributed by atoms with E-state index in [9.17, 15) is 0 Å². The van der Waals surface area contributed by atoms with E-state index in [1.807, 2.05) is 0 Å². The molecule has 0 aliphatic heterocycles. The average Bonchev–Trinajstić information content (AvgIpc) is 3.86. The van der Waals surface area contributed by atoms with Gasteiger partial charge in [0.1, 0.15) is 0 Å². The van der Waals surface area contributed by atoms with Crippen molar-refractivity contribution in [3.05, 3.63) is 237 Å². The Morgan fingerprint density at radius 3 is 1.62 bits per heavy atom. The number of hydrogen-bond acceptors (Lipinski definition) is 1. The molecule has 10 aromatic carbocycles. The van der Waals surface area contributed by atoms with E-state index >= 15 is 0 Å². The number of aromatic nitrogens is 2. The molecule has 0 unspecified atom stereocenters. The number of anilines is 3. The minimum absolute atomic E-state index is 1.08. The van der Waals surface area contributed by atoms with Crippen molar-refractivity contribution >= 4 is 71.4 Å².